The molecule has 0 N–H and O–H groups in total. The van der Waals surface area contributed by atoms with Crippen molar-refractivity contribution in [2.75, 3.05) is 0 Å². The van der Waals surface area contributed by atoms with Crippen LogP contribution in [-0.2, 0) is 6.42 Å². The van der Waals surface area contributed by atoms with E-state index in [2.05, 4.69) is 57.5 Å². The monoisotopic (exact) mass is 445 g/mol. The summed E-state index contributed by atoms with van der Waals surface area (Å²) in [4.78, 5) is 28.1. The smallest absolute Gasteiger partial charge is 0.274 e. The summed E-state index contributed by atoms with van der Waals surface area (Å²) in [6, 6.07) is 4.68. The van der Waals surface area contributed by atoms with E-state index in [0.717, 1.165) is 45.5 Å². The van der Waals surface area contributed by atoms with Gasteiger partial charge in [-0.1, -0.05) is 20.8 Å². The number of nitrogens with zero attached hydrogens (tertiary/aromatic N) is 5. The lowest BCUT2D eigenvalue weighted by Crippen LogP contribution is -2.28. The van der Waals surface area contributed by atoms with Crippen molar-refractivity contribution >= 4 is 22.2 Å². The molecule has 0 atom stereocenters. The topological polar surface area (TPSA) is 65.6 Å². The molecule has 0 aromatic carbocycles. The molecule has 6 nitrogen and oxygen atoms in total. The van der Waals surface area contributed by atoms with E-state index in [9.17, 15) is 4.79 Å². The minimum Gasteiger partial charge on any atom is -0.343 e. The molecule has 0 saturated carbocycles. The zero-order chi connectivity index (χ0) is 24.2. The third-order valence-electron chi connectivity index (χ3n) is 6.36. The summed E-state index contributed by atoms with van der Waals surface area (Å²) in [7, 11) is 0. The van der Waals surface area contributed by atoms with Gasteiger partial charge in [0.15, 0.2) is 5.65 Å². The second kappa shape index (κ2) is 8.40. The summed E-state index contributed by atoms with van der Waals surface area (Å²) in [6.07, 6.45) is 2.93. The fourth-order valence-corrected chi connectivity index (χ4v) is 4.64. The Morgan fingerprint density at radius 3 is 2.18 bits per heavy atom. The molecule has 4 rings (SSSR count). The van der Waals surface area contributed by atoms with E-state index in [0.29, 0.717) is 17.4 Å². The maximum atomic E-state index is 13.2. The van der Waals surface area contributed by atoms with Gasteiger partial charge in [0.25, 0.3) is 5.56 Å². The molecular weight excluding hydrogens is 410 g/mol. The van der Waals surface area contributed by atoms with Crippen LogP contribution in [-0.4, -0.2) is 24.1 Å². The molecule has 0 aliphatic carbocycles. The molecule has 0 unspecified atom stereocenters. The molecular formula is C27H35N5O. The van der Waals surface area contributed by atoms with Crippen LogP contribution >= 0.6 is 0 Å². The first-order chi connectivity index (χ1) is 15.5. The van der Waals surface area contributed by atoms with E-state index in [1.807, 2.05) is 27.7 Å². The van der Waals surface area contributed by atoms with Crippen LogP contribution in [0.2, 0.25) is 0 Å². The molecule has 0 radical (unpaired) electrons. The number of hydrogen-bond acceptors (Lipinski definition) is 4. The van der Waals surface area contributed by atoms with Crippen LogP contribution in [0.15, 0.2) is 23.1 Å². The average molecular weight is 446 g/mol. The first-order valence-corrected chi connectivity index (χ1v) is 12.0. The van der Waals surface area contributed by atoms with Gasteiger partial charge in [0.05, 0.1) is 22.4 Å². The quantitative estimate of drug-likeness (QED) is 0.363. The Labute approximate surface area is 195 Å². The Morgan fingerprint density at radius 1 is 0.909 bits per heavy atom. The molecule has 0 spiro atoms. The normalized spacial score (nSPS) is 12.2. The van der Waals surface area contributed by atoms with Crippen LogP contribution in [0.3, 0.4) is 0 Å². The third kappa shape index (κ3) is 3.75. The van der Waals surface area contributed by atoms with Gasteiger partial charge in [-0.3, -0.25) is 9.36 Å². The number of hydrogen-bond donors (Lipinski definition) is 0. The van der Waals surface area contributed by atoms with Crippen LogP contribution in [0, 0.1) is 13.8 Å². The average Bonchev–Trinajstić information content (AvgIpc) is 3.07. The molecule has 33 heavy (non-hydrogen) atoms. The van der Waals surface area contributed by atoms with Gasteiger partial charge in [0.1, 0.15) is 11.2 Å². The van der Waals surface area contributed by atoms with E-state index in [1.54, 1.807) is 4.57 Å². The van der Waals surface area contributed by atoms with Gasteiger partial charge in [0, 0.05) is 29.8 Å². The lowest BCUT2D eigenvalue weighted by atomic mass is 10.0. The van der Waals surface area contributed by atoms with Crippen molar-refractivity contribution < 1.29 is 0 Å². The van der Waals surface area contributed by atoms with Gasteiger partial charge in [-0.15, -0.1) is 0 Å². The summed E-state index contributed by atoms with van der Waals surface area (Å²) in [5.41, 5.74) is 9.27. The molecule has 0 aliphatic rings. The fourth-order valence-electron chi connectivity index (χ4n) is 4.64. The van der Waals surface area contributed by atoms with E-state index in [1.165, 1.54) is 5.56 Å². The molecule has 0 saturated heterocycles. The minimum absolute atomic E-state index is 0.00165. The van der Waals surface area contributed by atoms with Crippen molar-refractivity contribution in [3.8, 4) is 11.3 Å². The number of rotatable bonds is 5. The maximum absolute atomic E-state index is 13.2. The van der Waals surface area contributed by atoms with Gasteiger partial charge < -0.3 is 4.57 Å². The van der Waals surface area contributed by atoms with Gasteiger partial charge in [-0.25, -0.2) is 15.0 Å². The van der Waals surface area contributed by atoms with Gasteiger partial charge in [-0.05, 0) is 71.2 Å². The van der Waals surface area contributed by atoms with Gasteiger partial charge in [-0.2, -0.15) is 0 Å². The molecule has 4 aromatic rings. The summed E-state index contributed by atoms with van der Waals surface area (Å²) < 4.78 is 4.07. The first-order valence-electron chi connectivity index (χ1n) is 12.0. The Bertz CT molecular complexity index is 1420. The lowest BCUT2D eigenvalue weighted by Gasteiger charge is -2.18. The molecule has 0 aliphatic heterocycles. The van der Waals surface area contributed by atoms with E-state index < -0.39 is 0 Å². The molecule has 0 amide bonds. The highest BCUT2D eigenvalue weighted by atomic mass is 16.1. The standard InChI is InChI=1S/C27H35N5O/c1-10-20-19(24-17(8)11-22-25(30-24)18(9)13-31(22)15(4)5)12-21-26(29-20)32(16(6)7)27(33)23(28-21)14(2)3/h11-16H,10H2,1-9H3. The second-order valence-electron chi connectivity index (χ2n) is 9.93. The van der Waals surface area contributed by atoms with Gasteiger partial charge in [0.2, 0.25) is 0 Å². The van der Waals surface area contributed by atoms with Crippen LogP contribution in [0.4, 0.5) is 0 Å². The van der Waals surface area contributed by atoms with Crippen LogP contribution < -0.4 is 5.56 Å². The zero-order valence-corrected chi connectivity index (χ0v) is 21.3. The van der Waals surface area contributed by atoms with Crippen molar-refractivity contribution in [2.45, 2.75) is 86.7 Å². The number of aryl methyl sites for hydroxylation is 3. The maximum Gasteiger partial charge on any atom is 0.274 e. The Balaban J connectivity index is 2.06. The van der Waals surface area contributed by atoms with Crippen molar-refractivity contribution in [1.82, 2.24) is 24.1 Å². The predicted octanol–water partition coefficient (Wildman–Crippen LogP) is 6.27. The highest BCUT2D eigenvalue weighted by Crippen LogP contribution is 2.32. The molecule has 0 bridgehead atoms. The molecule has 4 aromatic heterocycles. The minimum atomic E-state index is -0.0452. The third-order valence-corrected chi connectivity index (χ3v) is 6.36. The summed E-state index contributed by atoms with van der Waals surface area (Å²) in [5, 5.41) is 0. The van der Waals surface area contributed by atoms with Crippen molar-refractivity contribution in [3.63, 3.8) is 0 Å². The van der Waals surface area contributed by atoms with Crippen LogP contribution in [0.1, 0.15) is 89.0 Å². The van der Waals surface area contributed by atoms with Crippen molar-refractivity contribution in [2.24, 2.45) is 0 Å². The fraction of sp³-hybridized carbons (Fsp3) is 0.481. The Kier molecular flexibility index (Phi) is 5.89. The van der Waals surface area contributed by atoms with E-state index >= 15 is 0 Å². The highest BCUT2D eigenvalue weighted by molar-refractivity contribution is 5.86. The first kappa shape index (κ1) is 23.1. The van der Waals surface area contributed by atoms with Gasteiger partial charge >= 0.3 is 0 Å². The SMILES string of the molecule is CCc1nc2c(cc1-c1nc3c(C)cn(C(C)C)c3cc1C)nc(C(C)C)c(=O)n2C(C)C. The summed E-state index contributed by atoms with van der Waals surface area (Å²) >= 11 is 0. The van der Waals surface area contributed by atoms with Crippen molar-refractivity contribution in [3.05, 3.63) is 51.2 Å². The van der Waals surface area contributed by atoms with Crippen molar-refractivity contribution in [1.29, 1.82) is 0 Å². The largest absolute Gasteiger partial charge is 0.343 e. The second-order valence-corrected chi connectivity index (χ2v) is 9.93. The Morgan fingerprint density at radius 2 is 1.61 bits per heavy atom. The number of aromatic nitrogens is 5. The van der Waals surface area contributed by atoms with E-state index in [-0.39, 0.29) is 17.5 Å². The highest BCUT2D eigenvalue weighted by Gasteiger charge is 2.21. The number of fused-ring (bicyclic) bond motifs is 2. The van der Waals surface area contributed by atoms with Crippen LogP contribution in [0.5, 0.6) is 0 Å². The summed E-state index contributed by atoms with van der Waals surface area (Å²) in [5.74, 6) is 0.0378. The molecule has 0 fully saturated rings. The molecule has 4 heterocycles. The zero-order valence-electron chi connectivity index (χ0n) is 21.3. The molecule has 174 valence electrons. The van der Waals surface area contributed by atoms with Crippen LogP contribution in [0.25, 0.3) is 33.5 Å². The van der Waals surface area contributed by atoms with E-state index in [4.69, 9.17) is 15.0 Å². The summed E-state index contributed by atoms with van der Waals surface area (Å²) in [6.45, 7) is 18.8. The number of pyridine rings is 2. The lowest BCUT2D eigenvalue weighted by molar-refractivity contribution is 0.579. The predicted molar refractivity (Wildman–Crippen MR) is 136 cm³/mol. The Hall–Kier alpha value is -3.02. The molecule has 6 heteroatoms.